The van der Waals surface area contributed by atoms with Crippen LogP contribution in [0.5, 0.6) is 0 Å². The zero-order valence-corrected chi connectivity index (χ0v) is 9.90. The van der Waals surface area contributed by atoms with Crippen molar-refractivity contribution in [2.75, 3.05) is 0 Å². The fourth-order valence-corrected chi connectivity index (χ4v) is 2.33. The molecule has 84 valence electrons. The first kappa shape index (κ1) is 11.2. The van der Waals surface area contributed by atoms with Crippen LogP contribution in [0.2, 0.25) is 0 Å². The molecule has 1 aliphatic carbocycles. The maximum atomic E-state index is 9.09. The molecule has 1 aromatic carbocycles. The summed E-state index contributed by atoms with van der Waals surface area (Å²) in [6.07, 6.45) is 2.24. The van der Waals surface area contributed by atoms with Gasteiger partial charge in [-0.2, -0.15) is 5.26 Å². The minimum absolute atomic E-state index is 0.0452. The van der Waals surface area contributed by atoms with Crippen LogP contribution in [0.15, 0.2) is 24.3 Å². The molecule has 2 nitrogen and oxygen atoms in total. The molecule has 0 spiro atoms. The van der Waals surface area contributed by atoms with E-state index in [0.29, 0.717) is 12.0 Å². The molecule has 0 radical (unpaired) electrons. The molecule has 0 amide bonds. The largest absolute Gasteiger partial charge is 0.295 e. The van der Waals surface area contributed by atoms with E-state index in [-0.39, 0.29) is 6.04 Å². The van der Waals surface area contributed by atoms with Gasteiger partial charge in [-0.3, -0.25) is 5.32 Å². The van der Waals surface area contributed by atoms with E-state index in [9.17, 15) is 0 Å². The van der Waals surface area contributed by atoms with Crippen molar-refractivity contribution in [1.82, 2.24) is 5.32 Å². The Hall–Kier alpha value is -1.33. The number of hydrogen-bond donors (Lipinski definition) is 1. The number of nitriles is 1. The van der Waals surface area contributed by atoms with Crippen molar-refractivity contribution in [3.05, 3.63) is 35.4 Å². The van der Waals surface area contributed by atoms with Crippen LogP contribution in [-0.2, 0) is 6.42 Å². The van der Waals surface area contributed by atoms with Gasteiger partial charge in [0.25, 0.3) is 0 Å². The third kappa shape index (κ3) is 2.10. The summed E-state index contributed by atoms with van der Waals surface area (Å²) in [7, 11) is 0. The molecule has 0 heterocycles. The third-order valence-corrected chi connectivity index (χ3v) is 3.32. The molecule has 0 saturated carbocycles. The highest BCUT2D eigenvalue weighted by molar-refractivity contribution is 5.34. The molecular formula is C14H18N2. The SMILES string of the molecule is CC(C)C(C#N)NC1CCc2ccccc21. The second kappa shape index (κ2) is 4.67. The van der Waals surface area contributed by atoms with Crippen LogP contribution in [-0.4, -0.2) is 6.04 Å². The van der Waals surface area contributed by atoms with Gasteiger partial charge in [0.05, 0.1) is 12.1 Å². The molecule has 0 aliphatic heterocycles. The molecule has 0 bridgehead atoms. The average molecular weight is 214 g/mol. The minimum Gasteiger partial charge on any atom is -0.295 e. The maximum Gasteiger partial charge on any atom is 0.0980 e. The monoisotopic (exact) mass is 214 g/mol. The third-order valence-electron chi connectivity index (χ3n) is 3.32. The van der Waals surface area contributed by atoms with Crippen molar-refractivity contribution in [3.8, 4) is 6.07 Å². The summed E-state index contributed by atoms with van der Waals surface area (Å²) in [6.45, 7) is 4.17. The maximum absolute atomic E-state index is 9.09. The number of hydrogen-bond acceptors (Lipinski definition) is 2. The Morgan fingerprint density at radius 3 is 2.81 bits per heavy atom. The van der Waals surface area contributed by atoms with Crippen molar-refractivity contribution in [1.29, 1.82) is 5.26 Å². The predicted octanol–water partition coefficient (Wildman–Crippen LogP) is 2.81. The Bertz CT molecular complexity index is 403. The van der Waals surface area contributed by atoms with E-state index in [4.69, 9.17) is 5.26 Å². The van der Waals surface area contributed by atoms with E-state index in [1.807, 2.05) is 0 Å². The van der Waals surface area contributed by atoms with Gasteiger partial charge in [-0.15, -0.1) is 0 Å². The standard InChI is InChI=1S/C14H18N2/c1-10(2)14(9-15)16-13-8-7-11-5-3-4-6-12(11)13/h3-6,10,13-14,16H,7-8H2,1-2H3. The van der Waals surface area contributed by atoms with Gasteiger partial charge in [-0.1, -0.05) is 38.1 Å². The molecule has 2 heteroatoms. The van der Waals surface area contributed by atoms with Gasteiger partial charge >= 0.3 is 0 Å². The second-order valence-corrected chi connectivity index (χ2v) is 4.81. The number of rotatable bonds is 3. The molecule has 1 N–H and O–H groups in total. The molecule has 0 fully saturated rings. The van der Waals surface area contributed by atoms with Gasteiger partial charge < -0.3 is 0 Å². The minimum atomic E-state index is -0.0452. The number of benzene rings is 1. The van der Waals surface area contributed by atoms with Crippen LogP contribution in [0.3, 0.4) is 0 Å². The summed E-state index contributed by atoms with van der Waals surface area (Å²) >= 11 is 0. The molecule has 0 aromatic heterocycles. The Kier molecular flexibility index (Phi) is 3.26. The van der Waals surface area contributed by atoms with Gasteiger partial charge in [0, 0.05) is 6.04 Å². The van der Waals surface area contributed by atoms with Crippen LogP contribution >= 0.6 is 0 Å². The van der Waals surface area contributed by atoms with Crippen LogP contribution in [0.25, 0.3) is 0 Å². The van der Waals surface area contributed by atoms with Crippen molar-refractivity contribution in [3.63, 3.8) is 0 Å². The summed E-state index contributed by atoms with van der Waals surface area (Å²) in [4.78, 5) is 0. The fraction of sp³-hybridized carbons (Fsp3) is 0.500. The molecule has 2 atom stereocenters. The first-order valence-electron chi connectivity index (χ1n) is 5.96. The first-order chi connectivity index (χ1) is 7.72. The highest BCUT2D eigenvalue weighted by Crippen LogP contribution is 2.31. The van der Waals surface area contributed by atoms with Gasteiger partial charge in [0.1, 0.15) is 0 Å². The summed E-state index contributed by atoms with van der Waals surface area (Å²) in [6, 6.07) is 11.2. The topological polar surface area (TPSA) is 35.8 Å². The van der Waals surface area contributed by atoms with Crippen molar-refractivity contribution in [2.24, 2.45) is 5.92 Å². The van der Waals surface area contributed by atoms with E-state index in [1.54, 1.807) is 0 Å². The Balaban J connectivity index is 2.11. The van der Waals surface area contributed by atoms with Crippen LogP contribution in [0.4, 0.5) is 0 Å². The van der Waals surface area contributed by atoms with E-state index < -0.39 is 0 Å². The Morgan fingerprint density at radius 2 is 2.12 bits per heavy atom. The fourth-order valence-electron chi connectivity index (χ4n) is 2.33. The Labute approximate surface area is 97.3 Å². The summed E-state index contributed by atoms with van der Waals surface area (Å²) in [5.41, 5.74) is 2.81. The molecule has 2 rings (SSSR count). The zero-order chi connectivity index (χ0) is 11.5. The van der Waals surface area contributed by atoms with Crippen LogP contribution in [0.1, 0.15) is 37.4 Å². The Morgan fingerprint density at radius 1 is 1.38 bits per heavy atom. The predicted molar refractivity (Wildman–Crippen MR) is 64.9 cm³/mol. The highest BCUT2D eigenvalue weighted by atomic mass is 15.0. The molecule has 16 heavy (non-hydrogen) atoms. The number of aryl methyl sites for hydroxylation is 1. The van der Waals surface area contributed by atoms with Gasteiger partial charge in [0.2, 0.25) is 0 Å². The second-order valence-electron chi connectivity index (χ2n) is 4.81. The van der Waals surface area contributed by atoms with Crippen LogP contribution < -0.4 is 5.32 Å². The van der Waals surface area contributed by atoms with Gasteiger partial charge in [0.15, 0.2) is 0 Å². The number of nitrogens with one attached hydrogen (secondary N) is 1. The van der Waals surface area contributed by atoms with E-state index in [1.165, 1.54) is 11.1 Å². The number of fused-ring (bicyclic) bond motifs is 1. The van der Waals surface area contributed by atoms with E-state index in [0.717, 1.165) is 12.8 Å². The molecule has 0 saturated heterocycles. The average Bonchev–Trinajstić information content (AvgIpc) is 2.69. The molecule has 2 unspecified atom stereocenters. The summed E-state index contributed by atoms with van der Waals surface area (Å²) in [5, 5.41) is 12.6. The lowest BCUT2D eigenvalue weighted by Crippen LogP contribution is -2.34. The van der Waals surface area contributed by atoms with E-state index >= 15 is 0 Å². The molecule has 1 aromatic rings. The lowest BCUT2D eigenvalue weighted by Gasteiger charge is -2.21. The van der Waals surface area contributed by atoms with Crippen molar-refractivity contribution >= 4 is 0 Å². The van der Waals surface area contributed by atoms with Gasteiger partial charge in [-0.05, 0) is 29.9 Å². The van der Waals surface area contributed by atoms with Gasteiger partial charge in [-0.25, -0.2) is 0 Å². The summed E-state index contributed by atoms with van der Waals surface area (Å²) < 4.78 is 0. The summed E-state index contributed by atoms with van der Waals surface area (Å²) in [5.74, 6) is 0.359. The quantitative estimate of drug-likeness (QED) is 0.839. The lowest BCUT2D eigenvalue weighted by molar-refractivity contribution is 0.411. The first-order valence-corrected chi connectivity index (χ1v) is 5.96. The van der Waals surface area contributed by atoms with Crippen molar-refractivity contribution in [2.45, 2.75) is 38.8 Å². The zero-order valence-electron chi connectivity index (χ0n) is 9.90. The normalized spacial score (nSPS) is 20.5. The highest BCUT2D eigenvalue weighted by Gasteiger charge is 2.25. The van der Waals surface area contributed by atoms with Crippen LogP contribution in [0, 0.1) is 17.2 Å². The van der Waals surface area contributed by atoms with E-state index in [2.05, 4.69) is 49.5 Å². The lowest BCUT2D eigenvalue weighted by atomic mass is 10.0. The molecule has 1 aliphatic rings. The molecular weight excluding hydrogens is 196 g/mol. The smallest absolute Gasteiger partial charge is 0.0980 e. The van der Waals surface area contributed by atoms with Crippen molar-refractivity contribution < 1.29 is 0 Å². The number of nitrogens with zero attached hydrogens (tertiary/aromatic N) is 1.